The number of halogens is 2. The summed E-state index contributed by atoms with van der Waals surface area (Å²) in [5.41, 5.74) is 3.14. The maximum atomic E-state index is 12.3. The van der Waals surface area contributed by atoms with Crippen LogP contribution in [-0.2, 0) is 19.1 Å². The highest BCUT2D eigenvalue weighted by Crippen LogP contribution is 2.29. The van der Waals surface area contributed by atoms with Gasteiger partial charge in [0.05, 0.1) is 10.9 Å². The molecule has 1 aliphatic heterocycles. The van der Waals surface area contributed by atoms with Crippen molar-refractivity contribution in [2.24, 2.45) is 5.92 Å². The molecule has 0 aliphatic carbocycles. The average molecular weight is 480 g/mol. The second kappa shape index (κ2) is 8.97. The molecule has 0 bridgehead atoms. The Kier molecular flexibility index (Phi) is 6.59. The largest absolute Gasteiger partial charge is 0.455 e. The van der Waals surface area contributed by atoms with Gasteiger partial charge in [0.25, 0.3) is 5.91 Å². The van der Waals surface area contributed by atoms with Crippen molar-refractivity contribution in [1.82, 2.24) is 0 Å². The van der Waals surface area contributed by atoms with Gasteiger partial charge in [-0.1, -0.05) is 23.7 Å². The summed E-state index contributed by atoms with van der Waals surface area (Å²) < 4.78 is 5.86. The third-order valence-electron chi connectivity index (χ3n) is 4.66. The number of esters is 1. The predicted molar refractivity (Wildman–Crippen MR) is 115 cm³/mol. The SMILES string of the molecule is Cc1cccc(N2C[C@@H](C(=O)OCC(=O)Nc3cc(Cl)c(Br)cc3C)CC2=O)c1. The standard InChI is InChI=1S/C21H20BrClN2O4/c1-12-4-3-5-15(6-12)25-10-14(8-20(25)27)21(28)29-11-19(26)24-18-9-17(23)16(22)7-13(18)2/h3-7,9,14H,8,10-11H2,1-2H3,(H,24,26)/t14-/m0/s1. The second-order valence-electron chi connectivity index (χ2n) is 6.98. The molecule has 1 N–H and O–H groups in total. The van der Waals surface area contributed by atoms with Crippen molar-refractivity contribution in [2.45, 2.75) is 20.3 Å². The van der Waals surface area contributed by atoms with Gasteiger partial charge in [-0.15, -0.1) is 0 Å². The van der Waals surface area contributed by atoms with E-state index in [4.69, 9.17) is 16.3 Å². The van der Waals surface area contributed by atoms with Crippen molar-refractivity contribution in [3.63, 3.8) is 0 Å². The second-order valence-corrected chi connectivity index (χ2v) is 8.24. The third kappa shape index (κ3) is 5.16. The lowest BCUT2D eigenvalue weighted by Gasteiger charge is -2.17. The zero-order valence-electron chi connectivity index (χ0n) is 16.0. The topological polar surface area (TPSA) is 75.7 Å². The lowest BCUT2D eigenvalue weighted by Crippen LogP contribution is -2.28. The number of benzene rings is 2. The molecule has 1 aliphatic rings. The van der Waals surface area contributed by atoms with E-state index in [1.54, 1.807) is 17.0 Å². The molecule has 2 aromatic carbocycles. The Hall–Kier alpha value is -2.38. The van der Waals surface area contributed by atoms with Crippen molar-refractivity contribution < 1.29 is 19.1 Å². The minimum atomic E-state index is -0.598. The van der Waals surface area contributed by atoms with E-state index in [0.29, 0.717) is 10.7 Å². The Morgan fingerprint density at radius 3 is 2.76 bits per heavy atom. The Balaban J connectivity index is 1.55. The van der Waals surface area contributed by atoms with Crippen LogP contribution >= 0.6 is 27.5 Å². The molecule has 0 spiro atoms. The van der Waals surface area contributed by atoms with Crippen LogP contribution in [0.3, 0.4) is 0 Å². The Morgan fingerprint density at radius 1 is 1.28 bits per heavy atom. The number of aryl methyl sites for hydroxylation is 2. The van der Waals surface area contributed by atoms with E-state index in [2.05, 4.69) is 21.2 Å². The van der Waals surface area contributed by atoms with Gasteiger partial charge in [0.1, 0.15) is 0 Å². The maximum absolute atomic E-state index is 12.3. The van der Waals surface area contributed by atoms with Gasteiger partial charge in [-0.3, -0.25) is 14.4 Å². The van der Waals surface area contributed by atoms with Crippen LogP contribution in [0.15, 0.2) is 40.9 Å². The van der Waals surface area contributed by atoms with Crippen molar-refractivity contribution in [3.05, 3.63) is 57.0 Å². The average Bonchev–Trinajstić information content (AvgIpc) is 3.06. The van der Waals surface area contributed by atoms with Crippen LogP contribution in [0.4, 0.5) is 11.4 Å². The Morgan fingerprint density at radius 2 is 2.03 bits per heavy atom. The molecule has 2 aromatic rings. The van der Waals surface area contributed by atoms with Gasteiger partial charge in [0.15, 0.2) is 6.61 Å². The van der Waals surface area contributed by atoms with Gasteiger partial charge in [0.2, 0.25) is 5.91 Å². The first-order chi connectivity index (χ1) is 13.7. The highest BCUT2D eigenvalue weighted by atomic mass is 79.9. The number of anilines is 2. The lowest BCUT2D eigenvalue weighted by molar-refractivity contribution is -0.151. The van der Waals surface area contributed by atoms with Crippen molar-refractivity contribution >= 4 is 56.7 Å². The van der Waals surface area contributed by atoms with Gasteiger partial charge in [-0.25, -0.2) is 0 Å². The highest BCUT2D eigenvalue weighted by molar-refractivity contribution is 9.10. The summed E-state index contributed by atoms with van der Waals surface area (Å²) in [7, 11) is 0. The van der Waals surface area contributed by atoms with Gasteiger partial charge in [-0.05, 0) is 65.2 Å². The van der Waals surface area contributed by atoms with E-state index >= 15 is 0 Å². The Labute approximate surface area is 182 Å². The first kappa shape index (κ1) is 21.3. The number of nitrogens with zero attached hydrogens (tertiary/aromatic N) is 1. The summed E-state index contributed by atoms with van der Waals surface area (Å²) in [4.78, 5) is 38.4. The minimum absolute atomic E-state index is 0.0653. The summed E-state index contributed by atoms with van der Waals surface area (Å²) >= 11 is 9.37. The van der Waals surface area contributed by atoms with Gasteiger partial charge in [-0.2, -0.15) is 0 Å². The van der Waals surface area contributed by atoms with E-state index < -0.39 is 24.4 Å². The number of carbonyl (C=O) groups excluding carboxylic acids is 3. The number of amides is 2. The number of hydrogen-bond donors (Lipinski definition) is 1. The van der Waals surface area contributed by atoms with E-state index in [-0.39, 0.29) is 18.9 Å². The highest BCUT2D eigenvalue weighted by Gasteiger charge is 2.36. The van der Waals surface area contributed by atoms with Gasteiger partial charge >= 0.3 is 5.97 Å². The smallest absolute Gasteiger partial charge is 0.311 e. The molecule has 1 heterocycles. The molecule has 1 atom stereocenters. The van der Waals surface area contributed by atoms with E-state index in [1.165, 1.54) is 0 Å². The molecule has 152 valence electrons. The van der Waals surface area contributed by atoms with Crippen LogP contribution in [0.2, 0.25) is 5.02 Å². The fraction of sp³-hybridized carbons (Fsp3) is 0.286. The summed E-state index contributed by atoms with van der Waals surface area (Å²) in [5, 5.41) is 3.14. The Bertz CT molecular complexity index is 979. The first-order valence-corrected chi connectivity index (χ1v) is 10.2. The van der Waals surface area contributed by atoms with Crippen LogP contribution in [0.25, 0.3) is 0 Å². The predicted octanol–water partition coefficient (Wildman–Crippen LogP) is 4.25. The fourth-order valence-electron chi connectivity index (χ4n) is 3.13. The summed E-state index contributed by atoms with van der Waals surface area (Å²) in [6.45, 7) is 3.58. The number of carbonyl (C=O) groups is 3. The van der Waals surface area contributed by atoms with Crippen LogP contribution < -0.4 is 10.2 Å². The molecule has 1 saturated heterocycles. The monoisotopic (exact) mass is 478 g/mol. The third-order valence-corrected chi connectivity index (χ3v) is 5.86. The fourth-order valence-corrected chi connectivity index (χ4v) is 3.75. The van der Waals surface area contributed by atoms with Crippen LogP contribution in [-0.4, -0.2) is 30.9 Å². The van der Waals surface area contributed by atoms with Gasteiger partial charge < -0.3 is 15.0 Å². The molecule has 6 nitrogen and oxygen atoms in total. The molecule has 29 heavy (non-hydrogen) atoms. The summed E-state index contributed by atoms with van der Waals surface area (Å²) in [5.74, 6) is -1.77. The van der Waals surface area contributed by atoms with Crippen LogP contribution in [0.1, 0.15) is 17.5 Å². The van der Waals surface area contributed by atoms with Crippen molar-refractivity contribution in [2.75, 3.05) is 23.4 Å². The number of hydrogen-bond acceptors (Lipinski definition) is 4. The minimum Gasteiger partial charge on any atom is -0.455 e. The quantitative estimate of drug-likeness (QED) is 0.651. The lowest BCUT2D eigenvalue weighted by atomic mass is 10.1. The molecular weight excluding hydrogens is 460 g/mol. The maximum Gasteiger partial charge on any atom is 0.311 e. The normalized spacial score (nSPS) is 16.1. The first-order valence-electron chi connectivity index (χ1n) is 9.03. The summed E-state index contributed by atoms with van der Waals surface area (Å²) in [6.07, 6.45) is 0.0653. The van der Waals surface area contributed by atoms with Gasteiger partial charge in [0, 0.05) is 28.8 Å². The molecule has 2 amide bonds. The zero-order valence-corrected chi connectivity index (χ0v) is 18.3. The number of nitrogens with one attached hydrogen (secondary N) is 1. The molecule has 0 saturated carbocycles. The summed E-state index contributed by atoms with van der Waals surface area (Å²) in [6, 6.07) is 10.9. The zero-order chi connectivity index (χ0) is 21.1. The van der Waals surface area contributed by atoms with Crippen molar-refractivity contribution in [1.29, 1.82) is 0 Å². The molecule has 3 rings (SSSR count). The van der Waals surface area contributed by atoms with Crippen LogP contribution in [0.5, 0.6) is 0 Å². The number of ether oxygens (including phenoxy) is 1. The number of rotatable bonds is 5. The van der Waals surface area contributed by atoms with E-state index in [0.717, 1.165) is 21.3 Å². The van der Waals surface area contributed by atoms with Crippen molar-refractivity contribution in [3.8, 4) is 0 Å². The molecule has 8 heteroatoms. The van der Waals surface area contributed by atoms with Crippen LogP contribution in [0, 0.1) is 19.8 Å². The van der Waals surface area contributed by atoms with E-state index in [9.17, 15) is 14.4 Å². The molecule has 1 fully saturated rings. The molecular formula is C21H20BrClN2O4. The van der Waals surface area contributed by atoms with E-state index in [1.807, 2.05) is 38.1 Å². The molecule has 0 unspecified atom stereocenters. The molecule has 0 aromatic heterocycles. The molecule has 0 radical (unpaired) electrons.